The molecule has 0 aliphatic carbocycles. The van der Waals surface area contributed by atoms with Crippen molar-refractivity contribution in [1.82, 2.24) is 24.5 Å². The molecule has 10 nitrogen and oxygen atoms in total. The van der Waals surface area contributed by atoms with Crippen LogP contribution in [0, 0.1) is 5.82 Å². The molecule has 1 amide bonds. The Hall–Kier alpha value is -3.32. The fourth-order valence-corrected chi connectivity index (χ4v) is 7.35. The van der Waals surface area contributed by atoms with Gasteiger partial charge in [-0.2, -0.15) is 0 Å². The minimum absolute atomic E-state index is 0.0547. The molecule has 0 spiro atoms. The maximum absolute atomic E-state index is 14.0. The summed E-state index contributed by atoms with van der Waals surface area (Å²) in [6.07, 6.45) is 2.96. The van der Waals surface area contributed by atoms with Crippen LogP contribution in [-0.4, -0.2) is 92.6 Å². The summed E-state index contributed by atoms with van der Waals surface area (Å²) in [5, 5.41) is -0.0234. The summed E-state index contributed by atoms with van der Waals surface area (Å²) in [6, 6.07) is 10.4. The van der Waals surface area contributed by atoms with E-state index in [9.17, 15) is 17.6 Å². The number of aromatic nitrogens is 2. The Morgan fingerprint density at radius 2 is 1.95 bits per heavy atom. The summed E-state index contributed by atoms with van der Waals surface area (Å²) < 4.78 is 50.2. The number of likely N-dealkylation sites (N-methyl/N-ethyl adjacent to an activating group) is 1. The van der Waals surface area contributed by atoms with Crippen molar-refractivity contribution in [3.8, 4) is 17.1 Å². The van der Waals surface area contributed by atoms with E-state index < -0.39 is 15.8 Å². The number of amides is 1. The van der Waals surface area contributed by atoms with Crippen molar-refractivity contribution in [3.05, 3.63) is 65.1 Å². The number of pyridine rings is 2. The van der Waals surface area contributed by atoms with Crippen molar-refractivity contribution in [2.24, 2.45) is 0 Å². The number of nitrogens with one attached hydrogen (secondary N) is 1. The second-order valence-electron chi connectivity index (χ2n) is 10.8. The Morgan fingerprint density at radius 1 is 1.14 bits per heavy atom. The summed E-state index contributed by atoms with van der Waals surface area (Å²) in [7, 11) is -2.08. The maximum Gasteiger partial charge on any atom is 0.260 e. The normalized spacial score (nSPS) is 19.6. The number of likely N-dealkylation sites (tertiary alicyclic amines) is 1. The molecule has 0 unspecified atom stereocenters. The van der Waals surface area contributed by atoms with Crippen molar-refractivity contribution in [3.63, 3.8) is 0 Å². The van der Waals surface area contributed by atoms with Gasteiger partial charge in [0.15, 0.2) is 5.03 Å². The zero-order valence-electron chi connectivity index (χ0n) is 24.5. The minimum atomic E-state index is -4.04. The number of benzene rings is 1. The molecule has 0 bridgehead atoms. The number of piperazine rings is 1. The first-order valence-electron chi connectivity index (χ1n) is 14.4. The number of sulfonamides is 1. The molecule has 43 heavy (non-hydrogen) atoms. The van der Waals surface area contributed by atoms with E-state index in [4.69, 9.17) is 21.3 Å². The van der Waals surface area contributed by atoms with E-state index in [1.165, 1.54) is 12.1 Å². The van der Waals surface area contributed by atoms with Gasteiger partial charge in [-0.1, -0.05) is 18.5 Å². The zero-order chi connectivity index (χ0) is 30.7. The van der Waals surface area contributed by atoms with Crippen LogP contribution in [0.3, 0.4) is 0 Å². The Labute approximate surface area is 256 Å². The molecule has 1 N–H and O–H groups in total. The summed E-state index contributed by atoms with van der Waals surface area (Å²) in [5.74, 6) is -0.437. The lowest BCUT2D eigenvalue weighted by Gasteiger charge is -2.43. The molecule has 0 saturated carbocycles. The Kier molecular flexibility index (Phi) is 9.50. The lowest BCUT2D eigenvalue weighted by molar-refractivity contribution is 0.0720. The first-order valence-corrected chi connectivity index (χ1v) is 16.3. The number of hydrogen-bond acceptors (Lipinski definition) is 8. The lowest BCUT2D eigenvalue weighted by atomic mass is 10.1. The second-order valence-corrected chi connectivity index (χ2v) is 12.8. The van der Waals surface area contributed by atoms with E-state index in [1.807, 2.05) is 25.8 Å². The predicted octanol–water partition coefficient (Wildman–Crippen LogP) is 4.06. The molecule has 2 aliphatic heterocycles. The number of halogens is 2. The standard InChI is InChI=1S/C30H36ClFN6O4S/c1-4-22-19-37(30(39)23-9-8-20(32)17-25(23)31)15-16-38(22)27-11-10-26(24-7-6-13-33-28(24)42-5-2)34-29(27)43(40,41)35-21-12-14-36(3)18-21/h6-11,13,17,21-22,35H,4-5,12,14-16,18-19H2,1-3H3/t21-,22-/m1/s1. The van der Waals surface area contributed by atoms with E-state index >= 15 is 0 Å². The van der Waals surface area contributed by atoms with E-state index in [-0.39, 0.29) is 33.6 Å². The van der Waals surface area contributed by atoms with E-state index in [0.29, 0.717) is 68.5 Å². The molecule has 5 rings (SSSR count). The Balaban J connectivity index is 1.50. The molecule has 2 saturated heterocycles. The molecule has 4 heterocycles. The SMILES string of the molecule is CCOc1ncccc1-c1ccc(N2CCN(C(=O)c3ccc(F)cc3Cl)C[C@H]2CC)c(S(=O)(=O)N[C@@H]2CCN(C)C2)n1. The molecular weight excluding hydrogens is 595 g/mol. The third-order valence-corrected chi connectivity index (χ3v) is 9.61. The van der Waals surface area contributed by atoms with Crippen molar-refractivity contribution in [2.75, 3.05) is 51.3 Å². The number of carbonyl (C=O) groups excluding carboxylic acids is 1. The smallest absolute Gasteiger partial charge is 0.260 e. The third kappa shape index (κ3) is 6.77. The van der Waals surface area contributed by atoms with Gasteiger partial charge >= 0.3 is 0 Å². The average molecular weight is 631 g/mol. The number of rotatable bonds is 9. The van der Waals surface area contributed by atoms with Gasteiger partial charge in [-0.25, -0.2) is 27.5 Å². The molecule has 1 aromatic carbocycles. The fraction of sp³-hybridized carbons (Fsp3) is 0.433. The predicted molar refractivity (Wildman–Crippen MR) is 164 cm³/mol. The zero-order valence-corrected chi connectivity index (χ0v) is 26.0. The highest BCUT2D eigenvalue weighted by molar-refractivity contribution is 7.89. The molecule has 3 aromatic rings. The largest absolute Gasteiger partial charge is 0.477 e. The van der Waals surface area contributed by atoms with Crippen molar-refractivity contribution in [1.29, 1.82) is 0 Å². The molecule has 2 atom stereocenters. The highest BCUT2D eigenvalue weighted by Gasteiger charge is 2.35. The van der Waals surface area contributed by atoms with Crippen LogP contribution < -0.4 is 14.4 Å². The van der Waals surface area contributed by atoms with Gasteiger partial charge in [-0.3, -0.25) is 4.79 Å². The number of anilines is 1. The number of nitrogens with zero attached hydrogens (tertiary/aromatic N) is 5. The van der Waals surface area contributed by atoms with Crippen molar-refractivity contribution >= 4 is 33.2 Å². The molecule has 0 radical (unpaired) electrons. The van der Waals surface area contributed by atoms with Crippen molar-refractivity contribution < 1.29 is 22.3 Å². The van der Waals surface area contributed by atoms with Gasteiger partial charge in [0.1, 0.15) is 5.82 Å². The first kappa shape index (κ1) is 31.1. The second kappa shape index (κ2) is 13.1. The van der Waals surface area contributed by atoms with Crippen LogP contribution in [0.1, 0.15) is 37.0 Å². The van der Waals surface area contributed by atoms with E-state index in [2.05, 4.69) is 14.6 Å². The van der Waals surface area contributed by atoms with Gasteiger partial charge in [0.05, 0.1) is 34.1 Å². The van der Waals surface area contributed by atoms with Gasteiger partial charge < -0.3 is 19.4 Å². The first-order chi connectivity index (χ1) is 20.6. The Bertz CT molecular complexity index is 1590. The summed E-state index contributed by atoms with van der Waals surface area (Å²) in [6.45, 7) is 6.67. The number of carbonyl (C=O) groups is 1. The number of hydrogen-bond donors (Lipinski definition) is 1. The molecule has 2 fully saturated rings. The van der Waals surface area contributed by atoms with Crippen LogP contribution >= 0.6 is 11.6 Å². The number of ether oxygens (including phenoxy) is 1. The monoisotopic (exact) mass is 630 g/mol. The van der Waals surface area contributed by atoms with Gasteiger partial charge in [-0.15, -0.1) is 0 Å². The molecule has 230 valence electrons. The van der Waals surface area contributed by atoms with Gasteiger partial charge in [-0.05, 0) is 75.8 Å². The van der Waals surface area contributed by atoms with Gasteiger partial charge in [0.2, 0.25) is 5.88 Å². The van der Waals surface area contributed by atoms with Crippen LogP contribution in [0.15, 0.2) is 53.7 Å². The third-order valence-electron chi connectivity index (χ3n) is 7.85. The van der Waals surface area contributed by atoms with Gasteiger partial charge in [0.25, 0.3) is 15.9 Å². The fourth-order valence-electron chi connectivity index (χ4n) is 5.68. The Morgan fingerprint density at radius 3 is 2.65 bits per heavy atom. The quantitative estimate of drug-likeness (QED) is 0.377. The van der Waals surface area contributed by atoms with Crippen molar-refractivity contribution in [2.45, 2.75) is 43.8 Å². The average Bonchev–Trinajstić information content (AvgIpc) is 3.40. The van der Waals surface area contributed by atoms with Crippen LogP contribution in [0.5, 0.6) is 5.88 Å². The molecule has 2 aromatic heterocycles. The topological polar surface area (TPSA) is 108 Å². The maximum atomic E-state index is 14.0. The van der Waals surface area contributed by atoms with Gasteiger partial charge in [0, 0.05) is 44.5 Å². The summed E-state index contributed by atoms with van der Waals surface area (Å²) in [4.78, 5) is 28.1. The highest BCUT2D eigenvalue weighted by atomic mass is 35.5. The van der Waals surface area contributed by atoms with E-state index in [1.54, 1.807) is 35.4 Å². The van der Waals surface area contributed by atoms with Crippen LogP contribution in [0.4, 0.5) is 10.1 Å². The molecule has 2 aliphatic rings. The van der Waals surface area contributed by atoms with Crippen LogP contribution in [-0.2, 0) is 10.0 Å². The van der Waals surface area contributed by atoms with E-state index in [0.717, 1.165) is 12.6 Å². The highest BCUT2D eigenvalue weighted by Crippen LogP contribution is 2.34. The summed E-state index contributed by atoms with van der Waals surface area (Å²) in [5.41, 5.74) is 1.71. The summed E-state index contributed by atoms with van der Waals surface area (Å²) >= 11 is 6.19. The molecule has 13 heteroatoms. The van der Waals surface area contributed by atoms with Crippen LogP contribution in [0.2, 0.25) is 5.02 Å². The van der Waals surface area contributed by atoms with Crippen LogP contribution in [0.25, 0.3) is 11.3 Å². The molecular formula is C30H36ClFN6O4S. The minimum Gasteiger partial charge on any atom is -0.477 e. The lowest BCUT2D eigenvalue weighted by Crippen LogP contribution is -2.55.